The van der Waals surface area contributed by atoms with E-state index in [1.165, 1.54) is 12.8 Å². The van der Waals surface area contributed by atoms with Crippen LogP contribution in [-0.4, -0.2) is 23.5 Å². The maximum absolute atomic E-state index is 12.1. The van der Waals surface area contributed by atoms with Gasteiger partial charge in [-0.15, -0.1) is 0 Å². The molecule has 0 atom stereocenters. The van der Waals surface area contributed by atoms with Crippen LogP contribution in [0.1, 0.15) is 28.8 Å². The van der Waals surface area contributed by atoms with E-state index in [2.05, 4.69) is 27.5 Å². The Labute approximate surface area is 115 Å². The molecule has 0 unspecified atom stereocenters. The molecule has 2 nitrogen and oxygen atoms in total. The fourth-order valence-corrected chi connectivity index (χ4v) is 2.90. The van der Waals surface area contributed by atoms with Crippen molar-refractivity contribution < 1.29 is 4.79 Å². The van der Waals surface area contributed by atoms with Gasteiger partial charge in [0.1, 0.15) is 0 Å². The Morgan fingerprint density at radius 3 is 2.82 bits per heavy atom. The number of hydrogen-bond donors (Lipinski definition) is 1. The second kappa shape index (κ2) is 5.02. The van der Waals surface area contributed by atoms with Crippen molar-refractivity contribution in [1.82, 2.24) is 5.32 Å². The lowest BCUT2D eigenvalue weighted by Crippen LogP contribution is -2.31. The number of rotatable bonds is 4. The number of amides is 1. The van der Waals surface area contributed by atoms with E-state index in [1.807, 2.05) is 36.9 Å². The molecule has 17 heavy (non-hydrogen) atoms. The molecule has 0 radical (unpaired) electrons. The van der Waals surface area contributed by atoms with Crippen LogP contribution in [0.5, 0.6) is 0 Å². The van der Waals surface area contributed by atoms with Gasteiger partial charge in [-0.1, -0.05) is 11.6 Å². The SMILES string of the molecule is CSC1(CNC(=O)c2cc(C)ccc2Br)CC1. The molecule has 1 aromatic carbocycles. The van der Waals surface area contributed by atoms with Crippen molar-refractivity contribution in [3.05, 3.63) is 33.8 Å². The smallest absolute Gasteiger partial charge is 0.252 e. The summed E-state index contributed by atoms with van der Waals surface area (Å²) in [6.07, 6.45) is 4.54. The summed E-state index contributed by atoms with van der Waals surface area (Å²) < 4.78 is 1.17. The zero-order valence-corrected chi connectivity index (χ0v) is 12.5. The molecule has 0 heterocycles. The Balaban J connectivity index is 2.02. The maximum atomic E-state index is 12.1. The molecule has 1 aromatic rings. The first kappa shape index (κ1) is 13.0. The molecule has 1 amide bonds. The largest absolute Gasteiger partial charge is 0.351 e. The Hall–Kier alpha value is -0.480. The van der Waals surface area contributed by atoms with Gasteiger partial charge in [0.15, 0.2) is 0 Å². The highest BCUT2D eigenvalue weighted by Gasteiger charge is 2.41. The molecule has 1 fully saturated rings. The van der Waals surface area contributed by atoms with Gasteiger partial charge >= 0.3 is 0 Å². The second-order valence-corrected chi connectivity index (χ2v) is 6.68. The molecule has 0 bridgehead atoms. The van der Waals surface area contributed by atoms with Gasteiger partial charge in [-0.2, -0.15) is 11.8 Å². The zero-order chi connectivity index (χ0) is 12.5. The van der Waals surface area contributed by atoms with Gasteiger partial charge in [0.2, 0.25) is 0 Å². The molecule has 0 aromatic heterocycles. The fraction of sp³-hybridized carbons (Fsp3) is 0.462. The third-order valence-electron chi connectivity index (χ3n) is 3.18. The lowest BCUT2D eigenvalue weighted by molar-refractivity contribution is 0.0952. The minimum Gasteiger partial charge on any atom is -0.351 e. The van der Waals surface area contributed by atoms with Gasteiger partial charge in [0.05, 0.1) is 5.56 Å². The first-order valence-corrected chi connectivity index (χ1v) is 7.68. The van der Waals surface area contributed by atoms with E-state index in [0.717, 1.165) is 22.1 Å². The predicted octanol–water partition coefficient (Wildman–Crippen LogP) is 3.38. The van der Waals surface area contributed by atoms with Crippen LogP contribution in [0, 0.1) is 6.92 Å². The molecule has 0 spiro atoms. The van der Waals surface area contributed by atoms with Crippen LogP contribution in [0.25, 0.3) is 0 Å². The van der Waals surface area contributed by atoms with E-state index in [0.29, 0.717) is 4.75 Å². The highest BCUT2D eigenvalue weighted by molar-refractivity contribution is 9.10. The minimum atomic E-state index is 0.0147. The lowest BCUT2D eigenvalue weighted by Gasteiger charge is -2.13. The van der Waals surface area contributed by atoms with Crippen LogP contribution in [0.3, 0.4) is 0 Å². The van der Waals surface area contributed by atoms with Gasteiger partial charge in [-0.3, -0.25) is 4.79 Å². The third kappa shape index (κ3) is 3.05. The minimum absolute atomic E-state index is 0.0147. The summed E-state index contributed by atoms with van der Waals surface area (Å²) in [6, 6.07) is 5.83. The van der Waals surface area contributed by atoms with Crippen LogP contribution in [0.15, 0.2) is 22.7 Å². The van der Waals surface area contributed by atoms with Crippen LogP contribution < -0.4 is 5.32 Å². The fourth-order valence-electron chi connectivity index (χ4n) is 1.74. The quantitative estimate of drug-likeness (QED) is 0.923. The van der Waals surface area contributed by atoms with Crippen LogP contribution in [0.4, 0.5) is 0 Å². The monoisotopic (exact) mass is 313 g/mol. The van der Waals surface area contributed by atoms with E-state index in [1.54, 1.807) is 0 Å². The van der Waals surface area contributed by atoms with Crippen molar-refractivity contribution in [3.63, 3.8) is 0 Å². The van der Waals surface area contributed by atoms with Gasteiger partial charge < -0.3 is 5.32 Å². The molecule has 0 aliphatic heterocycles. The summed E-state index contributed by atoms with van der Waals surface area (Å²) >= 11 is 5.27. The Kier molecular flexibility index (Phi) is 3.83. The van der Waals surface area contributed by atoms with Gasteiger partial charge in [-0.25, -0.2) is 0 Å². The Bertz CT molecular complexity index is 443. The van der Waals surface area contributed by atoms with Crippen molar-refractivity contribution in [2.24, 2.45) is 0 Å². The summed E-state index contributed by atoms with van der Waals surface area (Å²) in [5, 5.41) is 3.03. The molecule has 2 rings (SSSR count). The average Bonchev–Trinajstić information content (AvgIpc) is 3.10. The van der Waals surface area contributed by atoms with E-state index in [-0.39, 0.29) is 5.91 Å². The first-order valence-electron chi connectivity index (χ1n) is 5.66. The van der Waals surface area contributed by atoms with E-state index >= 15 is 0 Å². The molecule has 0 saturated heterocycles. The summed E-state index contributed by atoms with van der Waals surface area (Å²) in [5.74, 6) is 0.0147. The molecule has 1 aliphatic rings. The maximum Gasteiger partial charge on any atom is 0.252 e. The van der Waals surface area contributed by atoms with Crippen molar-refractivity contribution in [2.75, 3.05) is 12.8 Å². The van der Waals surface area contributed by atoms with Crippen LogP contribution in [-0.2, 0) is 0 Å². The first-order chi connectivity index (χ1) is 8.06. The van der Waals surface area contributed by atoms with Crippen molar-refractivity contribution in [3.8, 4) is 0 Å². The Morgan fingerprint density at radius 2 is 2.24 bits per heavy atom. The number of nitrogens with one attached hydrogen (secondary N) is 1. The summed E-state index contributed by atoms with van der Waals surface area (Å²) in [6.45, 7) is 2.76. The molecule has 1 N–H and O–H groups in total. The van der Waals surface area contributed by atoms with Gasteiger partial charge in [0.25, 0.3) is 5.91 Å². The van der Waals surface area contributed by atoms with Crippen molar-refractivity contribution in [1.29, 1.82) is 0 Å². The molecular formula is C13H16BrNOS. The van der Waals surface area contributed by atoms with Crippen molar-refractivity contribution >= 4 is 33.6 Å². The highest BCUT2D eigenvalue weighted by atomic mass is 79.9. The highest BCUT2D eigenvalue weighted by Crippen LogP contribution is 2.46. The number of benzene rings is 1. The van der Waals surface area contributed by atoms with E-state index in [4.69, 9.17) is 0 Å². The number of carbonyl (C=O) groups excluding carboxylic acids is 1. The molecule has 1 saturated carbocycles. The molecule has 92 valence electrons. The topological polar surface area (TPSA) is 29.1 Å². The van der Waals surface area contributed by atoms with Crippen molar-refractivity contribution in [2.45, 2.75) is 24.5 Å². The third-order valence-corrected chi connectivity index (χ3v) is 5.29. The number of thioether (sulfide) groups is 1. The summed E-state index contributed by atoms with van der Waals surface area (Å²) in [4.78, 5) is 12.1. The van der Waals surface area contributed by atoms with Gasteiger partial charge in [-0.05, 0) is 54.1 Å². The lowest BCUT2D eigenvalue weighted by atomic mass is 10.1. The van der Waals surface area contributed by atoms with Gasteiger partial charge in [0, 0.05) is 15.8 Å². The van der Waals surface area contributed by atoms with Crippen LogP contribution >= 0.6 is 27.7 Å². The number of aryl methyl sites for hydroxylation is 1. The summed E-state index contributed by atoms with van der Waals surface area (Å²) in [5.41, 5.74) is 1.83. The second-order valence-electron chi connectivity index (χ2n) is 4.55. The number of halogens is 1. The van der Waals surface area contributed by atoms with E-state index in [9.17, 15) is 4.79 Å². The molecular weight excluding hydrogens is 298 g/mol. The van der Waals surface area contributed by atoms with Crippen LogP contribution in [0.2, 0.25) is 0 Å². The normalized spacial score (nSPS) is 16.6. The zero-order valence-electron chi connectivity index (χ0n) is 10.0. The predicted molar refractivity (Wildman–Crippen MR) is 76.7 cm³/mol. The standard InChI is InChI=1S/C13H16BrNOS/c1-9-3-4-11(14)10(7-9)12(16)15-8-13(17-2)5-6-13/h3-4,7H,5-6,8H2,1-2H3,(H,15,16). The average molecular weight is 314 g/mol. The number of hydrogen-bond acceptors (Lipinski definition) is 2. The van der Waals surface area contributed by atoms with E-state index < -0.39 is 0 Å². The number of carbonyl (C=O) groups is 1. The molecule has 1 aliphatic carbocycles. The molecule has 4 heteroatoms. The Morgan fingerprint density at radius 1 is 1.53 bits per heavy atom. The summed E-state index contributed by atoms with van der Waals surface area (Å²) in [7, 11) is 0.